The average molecular weight is 508 g/mol. The molecule has 0 bridgehead atoms. The van der Waals surface area contributed by atoms with Gasteiger partial charge in [-0.3, -0.25) is 23.6 Å². The number of carbonyl (C=O) groups is 1. The van der Waals surface area contributed by atoms with Gasteiger partial charge in [0.05, 0.1) is 12.3 Å². The van der Waals surface area contributed by atoms with Crippen molar-refractivity contribution in [1.29, 1.82) is 0 Å². The Morgan fingerprint density at radius 1 is 1.32 bits per heavy atom. The van der Waals surface area contributed by atoms with Crippen molar-refractivity contribution in [1.82, 2.24) is 14.6 Å². The van der Waals surface area contributed by atoms with Crippen LogP contribution in [0.15, 0.2) is 27.8 Å². The Hall–Kier alpha value is -2.29. The van der Waals surface area contributed by atoms with Gasteiger partial charge in [-0.05, 0) is 40.8 Å². The highest BCUT2D eigenvalue weighted by atomic mass is 127. The molecule has 1 aromatic heterocycles. The predicted octanol–water partition coefficient (Wildman–Crippen LogP) is -0.414. The normalized spacial score (nSPS) is 11.9. The molecule has 1 atom stereocenters. The number of aromatic nitrogens is 2. The van der Waals surface area contributed by atoms with Crippen molar-refractivity contribution in [2.45, 2.75) is 6.10 Å². The highest BCUT2D eigenvalue weighted by molar-refractivity contribution is 14.1. The summed E-state index contributed by atoms with van der Waals surface area (Å²) in [5.41, 5.74) is -0.251. The molecule has 0 fully saturated rings. The van der Waals surface area contributed by atoms with E-state index in [1.54, 1.807) is 6.07 Å². The van der Waals surface area contributed by atoms with Gasteiger partial charge < -0.3 is 15.5 Å². The third kappa shape index (κ3) is 4.76. The third-order valence-corrected chi connectivity index (χ3v) is 4.40. The summed E-state index contributed by atoms with van der Waals surface area (Å²) in [5.74, 6) is -1.90. The molecule has 1 amide bonds. The number of carbonyl (C=O) groups excluding carboxylic acids is 1. The summed E-state index contributed by atoms with van der Waals surface area (Å²) in [7, 11) is 2.49. The number of hydrogen-bond acceptors (Lipinski definition) is 7. The molecule has 28 heavy (non-hydrogen) atoms. The van der Waals surface area contributed by atoms with E-state index in [1.165, 1.54) is 26.2 Å². The summed E-state index contributed by atoms with van der Waals surface area (Å²) in [6.45, 7) is -1.01. The third-order valence-electron chi connectivity index (χ3n) is 3.73. The Morgan fingerprint density at radius 2 is 2.00 bits per heavy atom. The molecule has 0 aliphatic heterocycles. The molecule has 2 aromatic rings. The van der Waals surface area contributed by atoms with Crippen molar-refractivity contribution < 1.29 is 24.2 Å². The number of benzene rings is 1. The number of hydroxylamine groups is 1. The van der Waals surface area contributed by atoms with Gasteiger partial charge >= 0.3 is 5.69 Å². The Balaban J connectivity index is 2.47. The SMILES string of the molecule is Cn1c(Nc2ccc(I)cc2F)c(C(=O)NOCC(O)CO)c(=O)n(C)c1=O. The molecule has 4 N–H and O–H groups in total. The van der Waals surface area contributed by atoms with Crippen molar-refractivity contribution in [3.05, 3.63) is 54.0 Å². The van der Waals surface area contributed by atoms with Gasteiger partial charge in [0, 0.05) is 17.7 Å². The lowest BCUT2D eigenvalue weighted by Crippen LogP contribution is -2.44. The van der Waals surface area contributed by atoms with Crippen LogP contribution in [0.4, 0.5) is 15.9 Å². The van der Waals surface area contributed by atoms with Crippen LogP contribution in [-0.4, -0.2) is 44.6 Å². The summed E-state index contributed by atoms with van der Waals surface area (Å²) in [6, 6.07) is 4.24. The first-order valence-corrected chi connectivity index (χ1v) is 8.98. The van der Waals surface area contributed by atoms with Crippen LogP contribution >= 0.6 is 22.6 Å². The number of halogens is 2. The zero-order chi connectivity index (χ0) is 21.0. The van der Waals surface area contributed by atoms with E-state index in [0.717, 1.165) is 4.57 Å². The maximum absolute atomic E-state index is 14.2. The second kappa shape index (κ2) is 9.27. The molecule has 1 aromatic carbocycles. The molecule has 0 aliphatic carbocycles. The fraction of sp³-hybridized carbons (Fsp3) is 0.312. The lowest BCUT2D eigenvalue weighted by atomic mass is 10.2. The zero-order valence-electron chi connectivity index (χ0n) is 14.9. The van der Waals surface area contributed by atoms with Gasteiger partial charge in [-0.2, -0.15) is 0 Å². The summed E-state index contributed by atoms with van der Waals surface area (Å²) in [5, 5.41) is 20.6. The minimum atomic E-state index is -1.23. The number of nitrogens with zero attached hydrogens (tertiary/aromatic N) is 2. The second-order valence-corrected chi connectivity index (χ2v) is 7.00. The van der Waals surface area contributed by atoms with E-state index >= 15 is 0 Å². The molecule has 152 valence electrons. The number of aliphatic hydroxyl groups is 2. The minimum Gasteiger partial charge on any atom is -0.394 e. The Labute approximate surface area is 171 Å². The first-order valence-electron chi connectivity index (χ1n) is 7.90. The molecule has 12 heteroatoms. The van der Waals surface area contributed by atoms with E-state index in [-0.39, 0.29) is 11.5 Å². The summed E-state index contributed by atoms with van der Waals surface area (Å²) in [4.78, 5) is 41.9. The van der Waals surface area contributed by atoms with Crippen LogP contribution in [0.5, 0.6) is 0 Å². The molecule has 1 unspecified atom stereocenters. The molecule has 2 rings (SSSR count). The summed E-state index contributed by atoms with van der Waals surface area (Å²) < 4.78 is 16.5. The van der Waals surface area contributed by atoms with Gasteiger partial charge in [-0.25, -0.2) is 14.7 Å². The van der Waals surface area contributed by atoms with E-state index in [0.29, 0.717) is 8.14 Å². The van der Waals surface area contributed by atoms with Crippen molar-refractivity contribution in [3.63, 3.8) is 0 Å². The predicted molar refractivity (Wildman–Crippen MR) is 106 cm³/mol. The fourth-order valence-electron chi connectivity index (χ4n) is 2.22. The van der Waals surface area contributed by atoms with Crippen molar-refractivity contribution in [3.8, 4) is 0 Å². The van der Waals surface area contributed by atoms with Crippen LogP contribution in [0, 0.1) is 9.39 Å². The number of amides is 1. The molecular weight excluding hydrogens is 490 g/mol. The van der Waals surface area contributed by atoms with Crippen molar-refractivity contribution in [2.75, 3.05) is 18.5 Å². The smallest absolute Gasteiger partial charge is 0.332 e. The highest BCUT2D eigenvalue weighted by Crippen LogP contribution is 2.22. The quantitative estimate of drug-likeness (QED) is 0.295. The number of aliphatic hydroxyl groups excluding tert-OH is 2. The molecule has 0 saturated carbocycles. The van der Waals surface area contributed by atoms with E-state index in [2.05, 4.69) is 5.32 Å². The van der Waals surface area contributed by atoms with Crippen LogP contribution in [0.1, 0.15) is 10.4 Å². The topological polar surface area (TPSA) is 135 Å². The van der Waals surface area contributed by atoms with Crippen molar-refractivity contribution >= 4 is 40.0 Å². The maximum atomic E-state index is 14.2. The molecule has 0 aliphatic rings. The first kappa shape index (κ1) is 22.0. The monoisotopic (exact) mass is 508 g/mol. The first-order chi connectivity index (χ1) is 13.2. The summed E-state index contributed by atoms with van der Waals surface area (Å²) in [6.07, 6.45) is -1.23. The van der Waals surface area contributed by atoms with Crippen LogP contribution < -0.4 is 22.0 Å². The number of anilines is 2. The summed E-state index contributed by atoms with van der Waals surface area (Å²) >= 11 is 1.92. The van der Waals surface area contributed by atoms with E-state index in [4.69, 9.17) is 9.94 Å². The van der Waals surface area contributed by atoms with Crippen LogP contribution in [0.25, 0.3) is 0 Å². The van der Waals surface area contributed by atoms with E-state index in [9.17, 15) is 23.9 Å². The zero-order valence-corrected chi connectivity index (χ0v) is 17.1. The van der Waals surface area contributed by atoms with Gasteiger partial charge in [0.25, 0.3) is 11.5 Å². The number of hydrogen-bond donors (Lipinski definition) is 4. The molecule has 1 heterocycles. The second-order valence-electron chi connectivity index (χ2n) is 5.76. The van der Waals surface area contributed by atoms with Gasteiger partial charge in [-0.15, -0.1) is 0 Å². The van der Waals surface area contributed by atoms with Gasteiger partial charge in [0.15, 0.2) is 0 Å². The van der Waals surface area contributed by atoms with E-state index in [1.807, 2.05) is 28.1 Å². The van der Waals surface area contributed by atoms with Gasteiger partial charge in [0.1, 0.15) is 29.9 Å². The van der Waals surface area contributed by atoms with E-state index < -0.39 is 47.9 Å². The molecular formula is C16H18FIN4O6. The maximum Gasteiger partial charge on any atom is 0.332 e. The van der Waals surface area contributed by atoms with Crippen LogP contribution in [-0.2, 0) is 18.9 Å². The van der Waals surface area contributed by atoms with Crippen LogP contribution in [0.2, 0.25) is 0 Å². The largest absolute Gasteiger partial charge is 0.394 e. The molecule has 10 nitrogen and oxygen atoms in total. The Morgan fingerprint density at radius 3 is 2.61 bits per heavy atom. The molecule has 0 spiro atoms. The fourth-order valence-corrected chi connectivity index (χ4v) is 2.67. The minimum absolute atomic E-state index is 0.0469. The number of rotatable bonds is 7. The van der Waals surface area contributed by atoms with Crippen LogP contribution in [0.3, 0.4) is 0 Å². The Bertz CT molecular complexity index is 1010. The average Bonchev–Trinajstić information content (AvgIpc) is 2.66. The Kier molecular flexibility index (Phi) is 7.29. The standard InChI is InChI=1S/C16H18FIN4O6/c1-21-13(19-11-4-3-8(18)5-10(11)17)12(15(26)22(2)16(21)27)14(25)20-28-7-9(24)6-23/h3-5,9,19,23-24H,6-7H2,1-2H3,(H,20,25). The van der Waals surface area contributed by atoms with Gasteiger partial charge in [0.2, 0.25) is 0 Å². The molecule has 0 radical (unpaired) electrons. The van der Waals surface area contributed by atoms with Crippen molar-refractivity contribution in [2.24, 2.45) is 14.1 Å². The molecule has 0 saturated heterocycles. The lowest BCUT2D eigenvalue weighted by molar-refractivity contribution is -0.0295. The number of nitrogens with one attached hydrogen (secondary N) is 2. The van der Waals surface area contributed by atoms with Gasteiger partial charge in [-0.1, -0.05) is 0 Å². The lowest BCUT2D eigenvalue weighted by Gasteiger charge is -2.17. The highest BCUT2D eigenvalue weighted by Gasteiger charge is 2.23.